The number of sulfonamides is 1. The molecule has 0 unspecified atom stereocenters. The van der Waals surface area contributed by atoms with Gasteiger partial charge in [-0.25, -0.2) is 8.42 Å². The predicted octanol–water partition coefficient (Wildman–Crippen LogP) is 2.72. The van der Waals surface area contributed by atoms with Crippen LogP contribution in [-0.2, 0) is 14.8 Å². The summed E-state index contributed by atoms with van der Waals surface area (Å²) in [6.45, 7) is 3.90. The molecule has 1 aromatic rings. The minimum absolute atomic E-state index is 0.114. The van der Waals surface area contributed by atoms with Crippen LogP contribution in [0.25, 0.3) is 0 Å². The number of amides is 1. The summed E-state index contributed by atoms with van der Waals surface area (Å²) < 4.78 is 32.9. The number of unbranched alkanes of at least 4 members (excludes halogenated alkanes) is 3. The van der Waals surface area contributed by atoms with Gasteiger partial charge in [-0.15, -0.1) is 0 Å². The Bertz CT molecular complexity index is 716. The van der Waals surface area contributed by atoms with Gasteiger partial charge in [-0.3, -0.25) is 4.79 Å². The number of carbonyl (C=O) groups is 1. The quantitative estimate of drug-likeness (QED) is 0.559. The van der Waals surface area contributed by atoms with E-state index in [1.807, 2.05) is 6.92 Å². The molecule has 0 bridgehead atoms. The number of nitrogens with zero attached hydrogens (tertiary/aromatic N) is 1. The van der Waals surface area contributed by atoms with E-state index in [1.54, 1.807) is 12.1 Å². The third-order valence-corrected chi connectivity index (χ3v) is 6.49. The van der Waals surface area contributed by atoms with Gasteiger partial charge in [0.25, 0.3) is 0 Å². The van der Waals surface area contributed by atoms with Crippen molar-refractivity contribution in [3.63, 3.8) is 0 Å². The second-order valence-electron chi connectivity index (χ2n) is 6.71. The van der Waals surface area contributed by atoms with E-state index in [1.165, 1.54) is 10.4 Å². The van der Waals surface area contributed by atoms with Gasteiger partial charge in [0.2, 0.25) is 15.9 Å². The van der Waals surface area contributed by atoms with Crippen LogP contribution < -0.4 is 15.8 Å². The summed E-state index contributed by atoms with van der Waals surface area (Å²) >= 11 is 0. The van der Waals surface area contributed by atoms with Crippen LogP contribution in [-0.4, -0.2) is 44.9 Å². The number of hydrogen-bond acceptors (Lipinski definition) is 5. The Hall–Kier alpha value is -1.64. The van der Waals surface area contributed by atoms with E-state index in [4.69, 9.17) is 10.5 Å². The molecule has 0 radical (unpaired) electrons. The SMILES string of the molecule is CCOc1ccc(NC(=O)CCCCCCN)cc1S(=O)(=O)N1CCCC1. The zero-order valence-electron chi connectivity index (χ0n) is 16.1. The minimum atomic E-state index is -3.63. The molecule has 0 atom stereocenters. The van der Waals surface area contributed by atoms with Crippen molar-refractivity contribution < 1.29 is 17.9 Å². The van der Waals surface area contributed by atoms with E-state index < -0.39 is 10.0 Å². The van der Waals surface area contributed by atoms with Gasteiger partial charge < -0.3 is 15.8 Å². The lowest BCUT2D eigenvalue weighted by molar-refractivity contribution is -0.116. The monoisotopic (exact) mass is 397 g/mol. The van der Waals surface area contributed by atoms with Gasteiger partial charge >= 0.3 is 0 Å². The summed E-state index contributed by atoms with van der Waals surface area (Å²) in [4.78, 5) is 12.3. The van der Waals surface area contributed by atoms with Gasteiger partial charge in [0.1, 0.15) is 10.6 Å². The average molecular weight is 398 g/mol. The molecule has 8 heteroatoms. The molecule has 0 spiro atoms. The highest BCUT2D eigenvalue weighted by atomic mass is 32.2. The van der Waals surface area contributed by atoms with Crippen LogP contribution in [0.2, 0.25) is 0 Å². The number of hydrogen-bond donors (Lipinski definition) is 2. The summed E-state index contributed by atoms with van der Waals surface area (Å²) in [6, 6.07) is 4.80. The number of benzene rings is 1. The molecule has 0 aromatic heterocycles. The van der Waals surface area contributed by atoms with Crippen molar-refractivity contribution in [1.82, 2.24) is 4.31 Å². The summed E-state index contributed by atoms with van der Waals surface area (Å²) in [7, 11) is -3.63. The van der Waals surface area contributed by atoms with Gasteiger partial charge in [0.05, 0.1) is 6.61 Å². The number of ether oxygens (including phenoxy) is 1. The normalized spacial score (nSPS) is 15.0. The first-order valence-electron chi connectivity index (χ1n) is 9.76. The van der Waals surface area contributed by atoms with Crippen LogP contribution in [0.3, 0.4) is 0 Å². The topological polar surface area (TPSA) is 102 Å². The van der Waals surface area contributed by atoms with Crippen LogP contribution in [0, 0.1) is 0 Å². The van der Waals surface area contributed by atoms with Crippen LogP contribution in [0.5, 0.6) is 5.75 Å². The Kier molecular flexibility index (Phi) is 8.53. The molecule has 1 aliphatic heterocycles. The predicted molar refractivity (Wildman–Crippen MR) is 106 cm³/mol. The van der Waals surface area contributed by atoms with E-state index in [0.717, 1.165) is 38.5 Å². The molecule has 1 aromatic carbocycles. The molecule has 7 nitrogen and oxygen atoms in total. The van der Waals surface area contributed by atoms with Crippen LogP contribution >= 0.6 is 0 Å². The Labute approximate surface area is 162 Å². The molecule has 1 aliphatic rings. The highest BCUT2D eigenvalue weighted by Crippen LogP contribution is 2.31. The molecule has 3 N–H and O–H groups in total. The van der Waals surface area contributed by atoms with E-state index >= 15 is 0 Å². The summed E-state index contributed by atoms with van der Waals surface area (Å²) in [5, 5.41) is 2.80. The standard InChI is InChI=1S/C19H31N3O4S/c1-2-26-17-11-10-16(21-19(23)9-5-3-4-6-12-20)15-18(17)27(24,25)22-13-7-8-14-22/h10-11,15H,2-9,12-14,20H2,1H3,(H,21,23). The number of nitrogens with one attached hydrogen (secondary N) is 1. The maximum absolute atomic E-state index is 13.0. The lowest BCUT2D eigenvalue weighted by atomic mass is 10.1. The zero-order chi connectivity index (χ0) is 19.7. The van der Waals surface area contributed by atoms with Crippen molar-refractivity contribution in [2.45, 2.75) is 56.8 Å². The highest BCUT2D eigenvalue weighted by molar-refractivity contribution is 7.89. The van der Waals surface area contributed by atoms with E-state index in [9.17, 15) is 13.2 Å². The van der Waals surface area contributed by atoms with E-state index in [-0.39, 0.29) is 10.8 Å². The lowest BCUT2D eigenvalue weighted by Crippen LogP contribution is -2.28. The molecule has 27 heavy (non-hydrogen) atoms. The Morgan fingerprint density at radius 3 is 2.56 bits per heavy atom. The van der Waals surface area contributed by atoms with Crippen molar-refractivity contribution in [2.24, 2.45) is 5.73 Å². The fourth-order valence-electron chi connectivity index (χ4n) is 3.14. The first-order chi connectivity index (χ1) is 13.0. The summed E-state index contributed by atoms with van der Waals surface area (Å²) in [5.41, 5.74) is 5.93. The first kappa shape index (κ1) is 21.7. The molecule has 1 saturated heterocycles. The molecule has 1 heterocycles. The fraction of sp³-hybridized carbons (Fsp3) is 0.632. The second-order valence-corrected chi connectivity index (χ2v) is 8.61. The summed E-state index contributed by atoms with van der Waals surface area (Å²) in [5.74, 6) is 0.209. The number of rotatable bonds is 11. The third-order valence-electron chi connectivity index (χ3n) is 4.57. The summed E-state index contributed by atoms with van der Waals surface area (Å²) in [6.07, 6.45) is 5.88. The number of nitrogens with two attached hydrogens (primary N) is 1. The lowest BCUT2D eigenvalue weighted by Gasteiger charge is -2.19. The minimum Gasteiger partial charge on any atom is -0.492 e. The Morgan fingerprint density at radius 1 is 1.19 bits per heavy atom. The van der Waals surface area contributed by atoms with Gasteiger partial charge in [-0.1, -0.05) is 12.8 Å². The number of carbonyl (C=O) groups excluding carboxylic acids is 1. The molecule has 0 saturated carbocycles. The Balaban J connectivity index is 2.09. The van der Waals surface area contributed by atoms with Crippen molar-refractivity contribution in [1.29, 1.82) is 0 Å². The van der Waals surface area contributed by atoms with Gasteiger partial charge in [-0.05, 0) is 57.4 Å². The van der Waals surface area contributed by atoms with Crippen LogP contribution in [0.1, 0.15) is 51.9 Å². The Morgan fingerprint density at radius 2 is 1.89 bits per heavy atom. The molecular weight excluding hydrogens is 366 g/mol. The van der Waals surface area contributed by atoms with Gasteiger partial charge in [0, 0.05) is 25.2 Å². The third kappa shape index (κ3) is 6.19. The van der Waals surface area contributed by atoms with Gasteiger partial charge in [-0.2, -0.15) is 4.31 Å². The smallest absolute Gasteiger partial charge is 0.246 e. The second kappa shape index (κ2) is 10.6. The molecule has 1 fully saturated rings. The van der Waals surface area contributed by atoms with E-state index in [0.29, 0.717) is 44.1 Å². The van der Waals surface area contributed by atoms with E-state index in [2.05, 4.69) is 5.32 Å². The van der Waals surface area contributed by atoms with Crippen LogP contribution in [0.15, 0.2) is 23.1 Å². The molecule has 0 aliphatic carbocycles. The molecular formula is C19H31N3O4S. The van der Waals surface area contributed by atoms with Crippen molar-refractivity contribution in [3.05, 3.63) is 18.2 Å². The van der Waals surface area contributed by atoms with Crippen molar-refractivity contribution in [2.75, 3.05) is 31.6 Å². The maximum Gasteiger partial charge on any atom is 0.246 e. The molecule has 152 valence electrons. The first-order valence-corrected chi connectivity index (χ1v) is 11.2. The zero-order valence-corrected chi connectivity index (χ0v) is 16.9. The van der Waals surface area contributed by atoms with Gasteiger partial charge in [0.15, 0.2) is 0 Å². The highest BCUT2D eigenvalue weighted by Gasteiger charge is 2.30. The fourth-order valence-corrected chi connectivity index (χ4v) is 4.81. The van der Waals surface area contributed by atoms with Crippen LogP contribution in [0.4, 0.5) is 5.69 Å². The molecule has 2 rings (SSSR count). The largest absolute Gasteiger partial charge is 0.492 e. The molecule has 1 amide bonds. The van der Waals surface area contributed by atoms with Crippen molar-refractivity contribution in [3.8, 4) is 5.75 Å². The maximum atomic E-state index is 13.0. The number of anilines is 1. The average Bonchev–Trinajstić information content (AvgIpc) is 3.18. The van der Waals surface area contributed by atoms with Crippen molar-refractivity contribution >= 4 is 21.6 Å².